The summed E-state index contributed by atoms with van der Waals surface area (Å²) in [4.78, 5) is 4.23. The summed E-state index contributed by atoms with van der Waals surface area (Å²) in [6.07, 6.45) is 9.17. The van der Waals surface area contributed by atoms with E-state index in [1.165, 1.54) is 32.1 Å². The molecule has 1 aliphatic carbocycles. The van der Waals surface area contributed by atoms with Crippen LogP contribution in [0, 0.1) is 5.41 Å². The molecule has 1 fully saturated rings. The van der Waals surface area contributed by atoms with Crippen LogP contribution in [-0.4, -0.2) is 12.8 Å². The highest BCUT2D eigenvalue weighted by atomic mass is 14.7. The van der Waals surface area contributed by atoms with Gasteiger partial charge in [0, 0.05) is 6.54 Å². The summed E-state index contributed by atoms with van der Waals surface area (Å²) in [5.74, 6) is 0. The minimum absolute atomic E-state index is 0.752. The Morgan fingerprint density at radius 2 is 2.11 bits per heavy atom. The fourth-order valence-electron chi connectivity index (χ4n) is 1.88. The average Bonchev–Trinajstić information content (AvgIpc) is 1.87. The van der Waals surface area contributed by atoms with Crippen LogP contribution < -0.4 is 0 Å². The number of nitrogens with zero attached hydrogens (tertiary/aromatic N) is 1. The molecule has 1 nitrogen and oxygen atoms in total. The van der Waals surface area contributed by atoms with Crippen LogP contribution in [0.3, 0.4) is 0 Å². The minimum atomic E-state index is 0.752. The number of hydrogen-bond donors (Lipinski definition) is 0. The molecule has 2 aliphatic rings. The molecule has 9 heavy (non-hydrogen) atoms. The lowest BCUT2D eigenvalue weighted by molar-refractivity contribution is 0.129. The quantitative estimate of drug-likeness (QED) is 0.467. The van der Waals surface area contributed by atoms with E-state index in [1.54, 1.807) is 0 Å². The highest BCUT2D eigenvalue weighted by Crippen LogP contribution is 2.47. The first-order valence-corrected chi connectivity index (χ1v) is 3.90. The van der Waals surface area contributed by atoms with E-state index in [9.17, 15) is 0 Å². The molecule has 1 aliphatic heterocycles. The zero-order chi connectivity index (χ0) is 6.16. The van der Waals surface area contributed by atoms with Gasteiger partial charge >= 0.3 is 0 Å². The molecule has 0 aromatic carbocycles. The van der Waals surface area contributed by atoms with Crippen molar-refractivity contribution in [2.45, 2.75) is 32.1 Å². The van der Waals surface area contributed by atoms with Gasteiger partial charge in [0.05, 0.1) is 0 Å². The van der Waals surface area contributed by atoms with Gasteiger partial charge in [-0.15, -0.1) is 0 Å². The monoisotopic (exact) mass is 123 g/mol. The average molecular weight is 123 g/mol. The van der Waals surface area contributed by atoms with Crippen molar-refractivity contribution >= 4 is 6.21 Å². The van der Waals surface area contributed by atoms with Crippen LogP contribution >= 0.6 is 0 Å². The molecule has 1 heterocycles. The number of rotatable bonds is 0. The van der Waals surface area contributed by atoms with Crippen LogP contribution in [0.5, 0.6) is 0 Å². The topological polar surface area (TPSA) is 12.4 Å². The summed E-state index contributed by atoms with van der Waals surface area (Å²) < 4.78 is 0. The summed E-state index contributed by atoms with van der Waals surface area (Å²) in [7, 11) is 0. The smallest absolute Gasteiger partial charge is 0.0390 e. The van der Waals surface area contributed by atoms with Crippen LogP contribution in [0.1, 0.15) is 32.1 Å². The predicted octanol–water partition coefficient (Wildman–Crippen LogP) is 2.02. The SMILES string of the molecule is C1=NCCC2(C1)CCC2. The van der Waals surface area contributed by atoms with E-state index in [-0.39, 0.29) is 0 Å². The van der Waals surface area contributed by atoms with Gasteiger partial charge in [-0.1, -0.05) is 6.42 Å². The third kappa shape index (κ3) is 0.790. The van der Waals surface area contributed by atoms with Gasteiger partial charge in [0.1, 0.15) is 0 Å². The van der Waals surface area contributed by atoms with Crippen LogP contribution in [0.4, 0.5) is 0 Å². The van der Waals surface area contributed by atoms with Gasteiger partial charge in [0.2, 0.25) is 0 Å². The normalized spacial score (nSPS) is 30.2. The molecule has 2 rings (SSSR count). The Labute approximate surface area is 56.2 Å². The van der Waals surface area contributed by atoms with E-state index in [0.717, 1.165) is 12.0 Å². The minimum Gasteiger partial charge on any atom is -0.297 e. The van der Waals surface area contributed by atoms with E-state index < -0.39 is 0 Å². The Bertz CT molecular complexity index is 134. The lowest BCUT2D eigenvalue weighted by Gasteiger charge is -2.42. The molecule has 1 spiro atoms. The second kappa shape index (κ2) is 1.83. The van der Waals surface area contributed by atoms with E-state index in [0.29, 0.717) is 0 Å². The van der Waals surface area contributed by atoms with Crippen LogP contribution in [0.25, 0.3) is 0 Å². The predicted molar refractivity (Wildman–Crippen MR) is 38.9 cm³/mol. The molecule has 0 amide bonds. The standard InChI is InChI=1S/C8H13N/c1-2-8(3-1)4-6-9-7-5-8/h6H,1-5,7H2. The van der Waals surface area contributed by atoms with E-state index in [4.69, 9.17) is 0 Å². The maximum absolute atomic E-state index is 4.23. The molecule has 0 N–H and O–H groups in total. The van der Waals surface area contributed by atoms with Crippen molar-refractivity contribution < 1.29 is 0 Å². The number of aliphatic imine (C=N–C) groups is 1. The maximum atomic E-state index is 4.23. The van der Waals surface area contributed by atoms with Gasteiger partial charge in [-0.2, -0.15) is 0 Å². The van der Waals surface area contributed by atoms with E-state index in [2.05, 4.69) is 11.2 Å². The zero-order valence-corrected chi connectivity index (χ0v) is 5.77. The second-order valence-electron chi connectivity index (χ2n) is 3.40. The van der Waals surface area contributed by atoms with Gasteiger partial charge < -0.3 is 0 Å². The Balaban J connectivity index is 2.04. The fraction of sp³-hybridized carbons (Fsp3) is 0.875. The highest BCUT2D eigenvalue weighted by molar-refractivity contribution is 5.59. The summed E-state index contributed by atoms with van der Waals surface area (Å²) >= 11 is 0. The van der Waals surface area contributed by atoms with Gasteiger partial charge in [0.25, 0.3) is 0 Å². The summed E-state index contributed by atoms with van der Waals surface area (Å²) in [5, 5.41) is 0. The van der Waals surface area contributed by atoms with Crippen molar-refractivity contribution in [3.8, 4) is 0 Å². The van der Waals surface area contributed by atoms with Gasteiger partial charge in [-0.25, -0.2) is 0 Å². The Morgan fingerprint density at radius 1 is 1.22 bits per heavy atom. The Kier molecular flexibility index (Phi) is 1.11. The van der Waals surface area contributed by atoms with Crippen molar-refractivity contribution in [1.29, 1.82) is 0 Å². The molecule has 1 heteroatoms. The summed E-state index contributed by atoms with van der Waals surface area (Å²) in [6.45, 7) is 1.10. The zero-order valence-electron chi connectivity index (χ0n) is 5.77. The first kappa shape index (κ1) is 5.45. The van der Waals surface area contributed by atoms with Crippen molar-refractivity contribution in [2.24, 2.45) is 10.4 Å². The first-order chi connectivity index (χ1) is 4.41. The molecule has 50 valence electrons. The van der Waals surface area contributed by atoms with Crippen molar-refractivity contribution in [3.63, 3.8) is 0 Å². The maximum Gasteiger partial charge on any atom is 0.0390 e. The van der Waals surface area contributed by atoms with Crippen LogP contribution in [0.15, 0.2) is 4.99 Å². The highest BCUT2D eigenvalue weighted by Gasteiger charge is 2.36. The molecule has 0 aromatic heterocycles. The Morgan fingerprint density at radius 3 is 2.44 bits per heavy atom. The molecular formula is C8H13N. The second-order valence-corrected chi connectivity index (χ2v) is 3.40. The third-order valence-corrected chi connectivity index (χ3v) is 2.84. The van der Waals surface area contributed by atoms with Crippen molar-refractivity contribution in [2.75, 3.05) is 6.54 Å². The first-order valence-electron chi connectivity index (χ1n) is 3.90. The van der Waals surface area contributed by atoms with Crippen LogP contribution in [0.2, 0.25) is 0 Å². The van der Waals surface area contributed by atoms with E-state index in [1.807, 2.05) is 0 Å². The third-order valence-electron chi connectivity index (χ3n) is 2.84. The van der Waals surface area contributed by atoms with Crippen molar-refractivity contribution in [3.05, 3.63) is 0 Å². The summed E-state index contributed by atoms with van der Waals surface area (Å²) in [6, 6.07) is 0. The molecular weight excluding hydrogens is 110 g/mol. The van der Waals surface area contributed by atoms with Gasteiger partial charge in [0.15, 0.2) is 0 Å². The molecule has 0 saturated heterocycles. The van der Waals surface area contributed by atoms with Gasteiger partial charge in [-0.05, 0) is 37.3 Å². The molecule has 0 aromatic rings. The van der Waals surface area contributed by atoms with Gasteiger partial charge in [-0.3, -0.25) is 4.99 Å². The van der Waals surface area contributed by atoms with Crippen molar-refractivity contribution in [1.82, 2.24) is 0 Å². The number of hydrogen-bond acceptors (Lipinski definition) is 1. The lowest BCUT2D eigenvalue weighted by Crippen LogP contribution is -2.32. The molecule has 0 bridgehead atoms. The molecule has 0 unspecified atom stereocenters. The summed E-state index contributed by atoms with van der Waals surface area (Å²) in [5.41, 5.74) is 0.752. The largest absolute Gasteiger partial charge is 0.297 e. The Hall–Kier alpha value is -0.330. The molecule has 1 saturated carbocycles. The lowest BCUT2D eigenvalue weighted by atomic mass is 9.64. The molecule has 0 atom stereocenters. The fourth-order valence-corrected chi connectivity index (χ4v) is 1.88. The van der Waals surface area contributed by atoms with E-state index >= 15 is 0 Å². The van der Waals surface area contributed by atoms with Crippen LogP contribution in [-0.2, 0) is 0 Å². The molecule has 0 radical (unpaired) electrons.